The average molecular weight is 313 g/mol. The fraction of sp³-hybridized carbons (Fsp3) is 0.231. The van der Waals surface area contributed by atoms with Gasteiger partial charge in [-0.1, -0.05) is 12.1 Å². The highest BCUT2D eigenvalue weighted by Crippen LogP contribution is 2.26. The van der Waals surface area contributed by atoms with Gasteiger partial charge in [-0.05, 0) is 39.7 Å². The second kappa shape index (κ2) is 5.67. The number of rotatable bonds is 4. The molecule has 0 spiro atoms. The molecule has 2 rings (SSSR count). The molecule has 2 nitrogen and oxygen atoms in total. The van der Waals surface area contributed by atoms with Crippen LogP contribution >= 0.6 is 27.3 Å². The smallest absolute Gasteiger partial charge is 0.118 e. The summed E-state index contributed by atoms with van der Waals surface area (Å²) in [5, 5.41) is 12.1. The summed E-state index contributed by atoms with van der Waals surface area (Å²) in [6.45, 7) is 0. The fourth-order valence-corrected chi connectivity index (χ4v) is 3.08. The molecule has 0 fully saturated rings. The Morgan fingerprint density at radius 1 is 1.35 bits per heavy atom. The molecule has 1 aromatic heterocycles. The first kappa shape index (κ1) is 12.6. The van der Waals surface area contributed by atoms with E-state index in [1.807, 2.05) is 35.7 Å². The SMILES string of the molecule is COc1ccc(C(O)Cc2cc(Br)cs2)cc1. The second-order valence-electron chi connectivity index (χ2n) is 3.72. The molecule has 0 aliphatic heterocycles. The van der Waals surface area contributed by atoms with Crippen LogP contribution in [0.25, 0.3) is 0 Å². The lowest BCUT2D eigenvalue weighted by atomic mass is 10.1. The van der Waals surface area contributed by atoms with Crippen LogP contribution in [0.5, 0.6) is 5.75 Å². The van der Waals surface area contributed by atoms with Crippen LogP contribution in [0.2, 0.25) is 0 Å². The Kier molecular flexibility index (Phi) is 4.20. The lowest BCUT2D eigenvalue weighted by molar-refractivity contribution is 0.179. The third-order valence-corrected chi connectivity index (χ3v) is 4.24. The van der Waals surface area contributed by atoms with Gasteiger partial charge in [-0.3, -0.25) is 0 Å². The summed E-state index contributed by atoms with van der Waals surface area (Å²) in [5.41, 5.74) is 0.912. The van der Waals surface area contributed by atoms with Crippen molar-refractivity contribution >= 4 is 27.3 Å². The maximum Gasteiger partial charge on any atom is 0.118 e. The number of aliphatic hydroxyl groups excluding tert-OH is 1. The number of thiophene rings is 1. The van der Waals surface area contributed by atoms with Crippen LogP contribution in [0.3, 0.4) is 0 Å². The summed E-state index contributed by atoms with van der Waals surface area (Å²) in [7, 11) is 1.63. The van der Waals surface area contributed by atoms with Crippen molar-refractivity contribution in [2.75, 3.05) is 7.11 Å². The molecule has 0 saturated heterocycles. The van der Waals surface area contributed by atoms with Crippen molar-refractivity contribution in [1.29, 1.82) is 0 Å². The third-order valence-electron chi connectivity index (χ3n) is 2.52. The van der Waals surface area contributed by atoms with Crippen LogP contribution in [0, 0.1) is 0 Å². The van der Waals surface area contributed by atoms with Gasteiger partial charge in [0, 0.05) is 21.2 Å². The van der Waals surface area contributed by atoms with E-state index in [4.69, 9.17) is 4.74 Å². The monoisotopic (exact) mass is 312 g/mol. The molecular formula is C13H13BrO2S. The molecular weight excluding hydrogens is 300 g/mol. The van der Waals surface area contributed by atoms with Gasteiger partial charge in [0.15, 0.2) is 0 Å². The average Bonchev–Trinajstić information content (AvgIpc) is 2.75. The summed E-state index contributed by atoms with van der Waals surface area (Å²) >= 11 is 5.06. The van der Waals surface area contributed by atoms with Crippen LogP contribution in [-0.4, -0.2) is 12.2 Å². The van der Waals surface area contributed by atoms with E-state index in [0.717, 1.165) is 15.8 Å². The third kappa shape index (κ3) is 3.31. The number of aliphatic hydroxyl groups is 1. The Hall–Kier alpha value is -0.840. The Labute approximate surface area is 113 Å². The molecule has 4 heteroatoms. The topological polar surface area (TPSA) is 29.5 Å². The van der Waals surface area contributed by atoms with Crippen molar-refractivity contribution < 1.29 is 9.84 Å². The van der Waals surface area contributed by atoms with Gasteiger partial charge < -0.3 is 9.84 Å². The van der Waals surface area contributed by atoms with Gasteiger partial charge in [0.1, 0.15) is 5.75 Å². The highest BCUT2D eigenvalue weighted by molar-refractivity contribution is 9.10. The zero-order valence-electron chi connectivity index (χ0n) is 9.39. The molecule has 1 aromatic carbocycles. The molecule has 1 N–H and O–H groups in total. The molecule has 0 radical (unpaired) electrons. The predicted molar refractivity (Wildman–Crippen MR) is 73.7 cm³/mol. The Balaban J connectivity index is 2.06. The van der Waals surface area contributed by atoms with E-state index in [1.54, 1.807) is 18.4 Å². The van der Waals surface area contributed by atoms with Crippen LogP contribution in [0.15, 0.2) is 40.2 Å². The quantitative estimate of drug-likeness (QED) is 0.930. The number of halogens is 1. The summed E-state index contributed by atoms with van der Waals surface area (Å²) in [6.07, 6.45) is 0.175. The van der Waals surface area contributed by atoms with Crippen molar-refractivity contribution in [2.24, 2.45) is 0 Å². The number of hydrogen-bond donors (Lipinski definition) is 1. The first-order valence-corrected chi connectivity index (χ1v) is 6.91. The normalized spacial score (nSPS) is 12.4. The minimum Gasteiger partial charge on any atom is -0.497 e. The summed E-state index contributed by atoms with van der Waals surface area (Å²) in [5.74, 6) is 0.805. The molecule has 0 saturated carbocycles. The largest absolute Gasteiger partial charge is 0.497 e. The minimum atomic E-state index is -0.466. The maximum absolute atomic E-state index is 10.1. The van der Waals surface area contributed by atoms with Gasteiger partial charge in [-0.2, -0.15) is 0 Å². The Morgan fingerprint density at radius 2 is 2.06 bits per heavy atom. The predicted octanol–water partition coefficient (Wildman–Crippen LogP) is 3.80. The molecule has 1 atom stereocenters. The first-order valence-electron chi connectivity index (χ1n) is 5.24. The molecule has 1 unspecified atom stereocenters. The number of ether oxygens (including phenoxy) is 1. The fourth-order valence-electron chi connectivity index (χ4n) is 1.60. The molecule has 1 heterocycles. The summed E-state index contributed by atoms with van der Waals surface area (Å²) in [6, 6.07) is 9.56. The van der Waals surface area contributed by atoms with E-state index in [9.17, 15) is 5.11 Å². The van der Waals surface area contributed by atoms with Gasteiger partial charge in [-0.15, -0.1) is 11.3 Å². The molecule has 17 heavy (non-hydrogen) atoms. The van der Waals surface area contributed by atoms with E-state index in [0.29, 0.717) is 6.42 Å². The van der Waals surface area contributed by atoms with Crippen molar-refractivity contribution in [2.45, 2.75) is 12.5 Å². The number of benzene rings is 1. The van der Waals surface area contributed by atoms with Crippen molar-refractivity contribution in [1.82, 2.24) is 0 Å². The minimum absolute atomic E-state index is 0.466. The highest BCUT2D eigenvalue weighted by Gasteiger charge is 2.10. The lowest BCUT2D eigenvalue weighted by Gasteiger charge is -2.10. The van der Waals surface area contributed by atoms with Gasteiger partial charge in [0.2, 0.25) is 0 Å². The Bertz CT molecular complexity index is 478. The Morgan fingerprint density at radius 3 is 2.59 bits per heavy atom. The van der Waals surface area contributed by atoms with Crippen LogP contribution in [0.4, 0.5) is 0 Å². The lowest BCUT2D eigenvalue weighted by Crippen LogP contribution is -2.00. The van der Waals surface area contributed by atoms with Crippen LogP contribution < -0.4 is 4.74 Å². The molecule has 2 aromatic rings. The van der Waals surface area contributed by atoms with E-state index in [-0.39, 0.29) is 0 Å². The van der Waals surface area contributed by atoms with E-state index >= 15 is 0 Å². The van der Waals surface area contributed by atoms with E-state index in [1.165, 1.54) is 4.88 Å². The van der Waals surface area contributed by atoms with Crippen LogP contribution in [-0.2, 0) is 6.42 Å². The summed E-state index contributed by atoms with van der Waals surface area (Å²) < 4.78 is 6.15. The highest BCUT2D eigenvalue weighted by atomic mass is 79.9. The summed E-state index contributed by atoms with van der Waals surface area (Å²) in [4.78, 5) is 1.17. The first-order chi connectivity index (χ1) is 8.19. The van der Waals surface area contributed by atoms with Gasteiger partial charge in [0.25, 0.3) is 0 Å². The molecule has 0 aliphatic rings. The molecule has 0 bridgehead atoms. The molecule has 90 valence electrons. The molecule has 0 aliphatic carbocycles. The standard InChI is InChI=1S/C13H13BrO2S/c1-16-11-4-2-9(3-5-11)13(15)7-12-6-10(14)8-17-12/h2-6,8,13,15H,7H2,1H3. The number of methoxy groups -OCH3 is 1. The zero-order chi connectivity index (χ0) is 12.3. The van der Waals surface area contributed by atoms with Gasteiger partial charge in [-0.25, -0.2) is 0 Å². The van der Waals surface area contributed by atoms with Crippen molar-refractivity contribution in [3.63, 3.8) is 0 Å². The van der Waals surface area contributed by atoms with Crippen molar-refractivity contribution in [3.8, 4) is 5.75 Å². The number of hydrogen-bond acceptors (Lipinski definition) is 3. The second-order valence-corrected chi connectivity index (χ2v) is 5.64. The molecule has 0 amide bonds. The van der Waals surface area contributed by atoms with Crippen molar-refractivity contribution in [3.05, 3.63) is 50.6 Å². The van der Waals surface area contributed by atoms with Crippen LogP contribution in [0.1, 0.15) is 16.5 Å². The zero-order valence-corrected chi connectivity index (χ0v) is 11.8. The van der Waals surface area contributed by atoms with E-state index in [2.05, 4.69) is 15.9 Å². The van der Waals surface area contributed by atoms with Gasteiger partial charge >= 0.3 is 0 Å². The van der Waals surface area contributed by atoms with E-state index < -0.39 is 6.10 Å². The maximum atomic E-state index is 10.1. The van der Waals surface area contributed by atoms with Gasteiger partial charge in [0.05, 0.1) is 13.2 Å².